The van der Waals surface area contributed by atoms with Gasteiger partial charge in [0.1, 0.15) is 5.82 Å². The van der Waals surface area contributed by atoms with Gasteiger partial charge in [-0.3, -0.25) is 0 Å². The second-order valence-corrected chi connectivity index (χ2v) is 4.69. The predicted octanol–water partition coefficient (Wildman–Crippen LogP) is 1.79. The smallest absolute Gasteiger partial charge is 0.378 e. The quantitative estimate of drug-likeness (QED) is 0.803. The van der Waals surface area contributed by atoms with Crippen molar-refractivity contribution in [3.63, 3.8) is 0 Å². The molecule has 110 valence electrons. The fraction of sp³-hybridized carbons (Fsp3) is 0.357. The largest absolute Gasteiger partial charge is 0.460 e. The highest BCUT2D eigenvalue weighted by molar-refractivity contribution is 5.85. The number of benzene rings is 1. The maximum absolute atomic E-state index is 13.4. The molecule has 1 saturated heterocycles. The number of esters is 1. The fourth-order valence-electron chi connectivity index (χ4n) is 2.09. The van der Waals surface area contributed by atoms with Crippen LogP contribution >= 0.6 is 0 Å². The van der Waals surface area contributed by atoms with Gasteiger partial charge in [-0.2, -0.15) is 9.67 Å². The van der Waals surface area contributed by atoms with E-state index in [1.165, 1.54) is 16.8 Å². The van der Waals surface area contributed by atoms with Gasteiger partial charge in [-0.05, 0) is 31.5 Å². The number of halogens is 1. The van der Waals surface area contributed by atoms with E-state index in [2.05, 4.69) is 10.1 Å². The Morgan fingerprint density at radius 2 is 2.24 bits per heavy atom. The van der Waals surface area contributed by atoms with Crippen LogP contribution in [0.15, 0.2) is 24.3 Å². The number of hydrogen-bond acceptors (Lipinski definition) is 5. The topological polar surface area (TPSA) is 60.2 Å². The second kappa shape index (κ2) is 5.51. The maximum Gasteiger partial charge on any atom is 0.378 e. The lowest BCUT2D eigenvalue weighted by molar-refractivity contribution is 0.0512. The van der Waals surface area contributed by atoms with Gasteiger partial charge in [-0.15, -0.1) is 5.10 Å². The molecule has 0 aliphatic carbocycles. The molecule has 0 unspecified atom stereocenters. The van der Waals surface area contributed by atoms with E-state index in [4.69, 9.17) is 4.74 Å². The monoisotopic (exact) mass is 290 g/mol. The number of carbonyl (C=O) groups is 1. The van der Waals surface area contributed by atoms with Gasteiger partial charge in [-0.25, -0.2) is 9.18 Å². The second-order valence-electron chi connectivity index (χ2n) is 4.69. The van der Waals surface area contributed by atoms with E-state index < -0.39 is 5.97 Å². The molecule has 7 heteroatoms. The van der Waals surface area contributed by atoms with Crippen LogP contribution in [0.25, 0.3) is 5.69 Å². The van der Waals surface area contributed by atoms with Gasteiger partial charge in [0.15, 0.2) is 0 Å². The summed E-state index contributed by atoms with van der Waals surface area (Å²) in [5.41, 5.74) is 0.528. The van der Waals surface area contributed by atoms with Crippen LogP contribution in [0, 0.1) is 5.82 Å². The molecule has 1 aliphatic heterocycles. The zero-order chi connectivity index (χ0) is 14.8. The summed E-state index contributed by atoms with van der Waals surface area (Å²) in [6, 6.07) is 6.02. The number of rotatable bonds is 4. The third kappa shape index (κ3) is 2.58. The van der Waals surface area contributed by atoms with Crippen LogP contribution in [0.4, 0.5) is 10.3 Å². The zero-order valence-corrected chi connectivity index (χ0v) is 11.6. The summed E-state index contributed by atoms with van der Waals surface area (Å²) >= 11 is 0. The third-order valence-electron chi connectivity index (χ3n) is 3.24. The molecular formula is C14H15FN4O2. The zero-order valence-electron chi connectivity index (χ0n) is 11.6. The highest BCUT2D eigenvalue weighted by Gasteiger charge is 2.25. The molecule has 6 nitrogen and oxygen atoms in total. The molecule has 1 aromatic heterocycles. The summed E-state index contributed by atoms with van der Waals surface area (Å²) in [6.45, 7) is 3.66. The van der Waals surface area contributed by atoms with Crippen molar-refractivity contribution < 1.29 is 13.9 Å². The number of aromatic nitrogens is 3. The lowest BCUT2D eigenvalue weighted by atomic mass is 10.2. The van der Waals surface area contributed by atoms with Crippen LogP contribution < -0.4 is 4.90 Å². The molecule has 0 atom stereocenters. The van der Waals surface area contributed by atoms with Crippen molar-refractivity contribution in [3.8, 4) is 5.69 Å². The van der Waals surface area contributed by atoms with E-state index >= 15 is 0 Å². The van der Waals surface area contributed by atoms with E-state index in [9.17, 15) is 9.18 Å². The van der Waals surface area contributed by atoms with Gasteiger partial charge in [0.2, 0.25) is 5.95 Å². The first-order chi connectivity index (χ1) is 10.2. The van der Waals surface area contributed by atoms with Crippen molar-refractivity contribution in [2.75, 3.05) is 24.6 Å². The molecule has 0 amide bonds. The van der Waals surface area contributed by atoms with Crippen molar-refractivity contribution in [1.82, 2.24) is 14.8 Å². The summed E-state index contributed by atoms with van der Waals surface area (Å²) in [5.74, 6) is -0.414. The first-order valence-corrected chi connectivity index (χ1v) is 6.84. The Bertz CT molecular complexity index is 667. The first kappa shape index (κ1) is 13.5. The minimum Gasteiger partial charge on any atom is -0.460 e. The number of carbonyl (C=O) groups excluding carboxylic acids is 1. The molecule has 1 fully saturated rings. The minimum atomic E-state index is -0.575. The lowest BCUT2D eigenvalue weighted by Crippen LogP contribution is -2.39. The average Bonchev–Trinajstić information content (AvgIpc) is 2.82. The molecule has 0 saturated carbocycles. The van der Waals surface area contributed by atoms with Crippen LogP contribution in [0.1, 0.15) is 24.0 Å². The van der Waals surface area contributed by atoms with Crippen LogP contribution in [-0.2, 0) is 4.74 Å². The summed E-state index contributed by atoms with van der Waals surface area (Å²) in [7, 11) is 0. The number of anilines is 1. The summed E-state index contributed by atoms with van der Waals surface area (Å²) in [5, 5.41) is 4.17. The molecule has 0 spiro atoms. The van der Waals surface area contributed by atoms with E-state index in [0.29, 0.717) is 11.6 Å². The Kier molecular flexibility index (Phi) is 3.55. The van der Waals surface area contributed by atoms with Crippen LogP contribution in [0.3, 0.4) is 0 Å². The molecule has 0 N–H and O–H groups in total. The molecule has 21 heavy (non-hydrogen) atoms. The Hall–Kier alpha value is -2.44. The third-order valence-corrected chi connectivity index (χ3v) is 3.24. The van der Waals surface area contributed by atoms with Gasteiger partial charge >= 0.3 is 5.97 Å². The Balaban J connectivity index is 2.02. The lowest BCUT2D eigenvalue weighted by Gasteiger charge is -2.31. The van der Waals surface area contributed by atoms with E-state index in [-0.39, 0.29) is 18.2 Å². The SMILES string of the molecule is CCOC(=O)c1nc(N2CCC2)n(-c2cccc(F)c2)n1. The normalized spacial score (nSPS) is 13.9. The number of nitrogens with zero attached hydrogens (tertiary/aromatic N) is 4. The van der Waals surface area contributed by atoms with E-state index in [0.717, 1.165) is 19.5 Å². The van der Waals surface area contributed by atoms with E-state index in [1.807, 2.05) is 4.90 Å². The highest BCUT2D eigenvalue weighted by Crippen LogP contribution is 2.22. The first-order valence-electron chi connectivity index (χ1n) is 6.84. The molecular weight excluding hydrogens is 275 g/mol. The molecule has 1 aromatic carbocycles. The summed E-state index contributed by atoms with van der Waals surface area (Å²) < 4.78 is 19.8. The van der Waals surface area contributed by atoms with Gasteiger partial charge in [0.05, 0.1) is 12.3 Å². The number of hydrogen-bond donors (Lipinski definition) is 0. The van der Waals surface area contributed by atoms with Crippen LogP contribution in [-0.4, -0.2) is 40.4 Å². The van der Waals surface area contributed by atoms with Gasteiger partial charge in [0.25, 0.3) is 5.82 Å². The fourth-order valence-corrected chi connectivity index (χ4v) is 2.09. The summed E-state index contributed by atoms with van der Waals surface area (Å²) in [4.78, 5) is 18.0. The van der Waals surface area contributed by atoms with Crippen molar-refractivity contribution in [2.45, 2.75) is 13.3 Å². The van der Waals surface area contributed by atoms with Crippen molar-refractivity contribution in [2.24, 2.45) is 0 Å². The Morgan fingerprint density at radius 1 is 1.43 bits per heavy atom. The Morgan fingerprint density at radius 3 is 2.86 bits per heavy atom. The van der Waals surface area contributed by atoms with Gasteiger partial charge in [0, 0.05) is 13.1 Å². The van der Waals surface area contributed by atoms with E-state index in [1.54, 1.807) is 19.1 Å². The predicted molar refractivity (Wildman–Crippen MR) is 74.1 cm³/mol. The van der Waals surface area contributed by atoms with Crippen molar-refractivity contribution in [1.29, 1.82) is 0 Å². The van der Waals surface area contributed by atoms with Crippen LogP contribution in [0.2, 0.25) is 0 Å². The maximum atomic E-state index is 13.4. The molecule has 0 radical (unpaired) electrons. The Labute approximate surface area is 121 Å². The van der Waals surface area contributed by atoms with Gasteiger partial charge < -0.3 is 9.64 Å². The standard InChI is InChI=1S/C14H15FN4O2/c1-2-21-13(20)12-16-14(18-7-4-8-18)19(17-12)11-6-3-5-10(15)9-11/h3,5-6,9H,2,4,7-8H2,1H3. The molecule has 2 aromatic rings. The van der Waals surface area contributed by atoms with Gasteiger partial charge in [-0.1, -0.05) is 6.07 Å². The van der Waals surface area contributed by atoms with Crippen LogP contribution in [0.5, 0.6) is 0 Å². The molecule has 1 aliphatic rings. The number of ether oxygens (including phenoxy) is 1. The molecule has 3 rings (SSSR count). The molecule has 0 bridgehead atoms. The molecule has 2 heterocycles. The highest BCUT2D eigenvalue weighted by atomic mass is 19.1. The average molecular weight is 290 g/mol. The summed E-state index contributed by atoms with van der Waals surface area (Å²) in [6.07, 6.45) is 1.06. The minimum absolute atomic E-state index is 0.0111. The van der Waals surface area contributed by atoms with Crippen molar-refractivity contribution in [3.05, 3.63) is 35.9 Å². The van der Waals surface area contributed by atoms with Crippen molar-refractivity contribution >= 4 is 11.9 Å².